The van der Waals surface area contributed by atoms with E-state index in [0.717, 1.165) is 5.56 Å². The number of nitrogens with one attached hydrogen (secondary N) is 1. The molecule has 0 aliphatic heterocycles. The van der Waals surface area contributed by atoms with Gasteiger partial charge in [0, 0.05) is 11.1 Å². The summed E-state index contributed by atoms with van der Waals surface area (Å²) in [7, 11) is 0. The van der Waals surface area contributed by atoms with E-state index < -0.39 is 5.91 Å². The molecule has 2 aromatic rings. The minimum Gasteiger partial charge on any atom is -0.508 e. The molecule has 0 bridgehead atoms. The summed E-state index contributed by atoms with van der Waals surface area (Å²) in [5.41, 5.74) is 7.60. The molecule has 0 spiro atoms. The van der Waals surface area contributed by atoms with E-state index in [1.54, 1.807) is 37.3 Å². The molecule has 0 radical (unpaired) electrons. The fourth-order valence-electron chi connectivity index (χ4n) is 2.00. The van der Waals surface area contributed by atoms with Crippen LogP contribution in [0.15, 0.2) is 47.6 Å². The molecular formula is C15H15N3O3. The number of nitrogens with zero attached hydrogens (tertiary/aromatic N) is 1. The number of phenols is 1. The van der Waals surface area contributed by atoms with E-state index in [9.17, 15) is 9.90 Å². The largest absolute Gasteiger partial charge is 0.508 e. The van der Waals surface area contributed by atoms with Crippen LogP contribution >= 0.6 is 0 Å². The number of amides is 1. The lowest BCUT2D eigenvalue weighted by molar-refractivity contribution is 0.102. The van der Waals surface area contributed by atoms with Gasteiger partial charge in [-0.1, -0.05) is 23.4 Å². The second kappa shape index (κ2) is 5.96. The van der Waals surface area contributed by atoms with Gasteiger partial charge in [-0.3, -0.25) is 4.79 Å². The average molecular weight is 285 g/mol. The first-order chi connectivity index (χ1) is 10.0. The van der Waals surface area contributed by atoms with Crippen molar-refractivity contribution in [2.24, 2.45) is 10.9 Å². The van der Waals surface area contributed by atoms with Gasteiger partial charge >= 0.3 is 0 Å². The fraction of sp³-hybridized carbons (Fsp3) is 0.0667. The van der Waals surface area contributed by atoms with E-state index in [1.165, 1.54) is 12.1 Å². The molecule has 6 heteroatoms. The van der Waals surface area contributed by atoms with E-state index >= 15 is 0 Å². The van der Waals surface area contributed by atoms with Gasteiger partial charge in [-0.05, 0) is 36.8 Å². The van der Waals surface area contributed by atoms with Crippen LogP contribution in [-0.4, -0.2) is 22.1 Å². The first-order valence-corrected chi connectivity index (χ1v) is 6.21. The van der Waals surface area contributed by atoms with Crippen LogP contribution < -0.4 is 11.1 Å². The number of hydrogen-bond acceptors (Lipinski definition) is 4. The number of aryl methyl sites for hydroxylation is 1. The Labute approximate surface area is 121 Å². The lowest BCUT2D eigenvalue weighted by Crippen LogP contribution is -2.20. The van der Waals surface area contributed by atoms with Crippen LogP contribution in [0.2, 0.25) is 0 Å². The van der Waals surface area contributed by atoms with Crippen LogP contribution in [0.25, 0.3) is 0 Å². The molecule has 0 aliphatic rings. The summed E-state index contributed by atoms with van der Waals surface area (Å²) in [5, 5.41) is 23.9. The van der Waals surface area contributed by atoms with Crippen molar-refractivity contribution in [2.75, 3.05) is 5.32 Å². The third-order valence-corrected chi connectivity index (χ3v) is 2.99. The summed E-state index contributed by atoms with van der Waals surface area (Å²) in [4.78, 5) is 12.2. The molecule has 0 heterocycles. The monoisotopic (exact) mass is 285 g/mol. The van der Waals surface area contributed by atoms with Gasteiger partial charge in [0.2, 0.25) is 0 Å². The minimum absolute atomic E-state index is 0.00329. The summed E-state index contributed by atoms with van der Waals surface area (Å²) in [5.74, 6) is -0.480. The first-order valence-electron chi connectivity index (χ1n) is 6.21. The Hall–Kier alpha value is -3.02. The highest BCUT2D eigenvalue weighted by molar-refractivity contribution is 6.10. The second-order valence-corrected chi connectivity index (χ2v) is 4.49. The number of phenolic OH excluding ortho intramolecular Hbond substituents is 1. The van der Waals surface area contributed by atoms with Gasteiger partial charge < -0.3 is 21.4 Å². The Kier molecular flexibility index (Phi) is 4.08. The van der Waals surface area contributed by atoms with E-state index in [2.05, 4.69) is 10.5 Å². The maximum atomic E-state index is 12.2. The number of carbonyl (C=O) groups excluding carboxylic acids is 1. The van der Waals surface area contributed by atoms with Crippen molar-refractivity contribution >= 4 is 17.4 Å². The summed E-state index contributed by atoms with van der Waals surface area (Å²) in [6.07, 6.45) is 0. The number of hydrogen-bond donors (Lipinski definition) is 4. The lowest BCUT2D eigenvalue weighted by Gasteiger charge is -2.12. The molecule has 0 unspecified atom stereocenters. The van der Waals surface area contributed by atoms with Gasteiger partial charge in [0.15, 0.2) is 5.84 Å². The van der Waals surface area contributed by atoms with Gasteiger partial charge in [0.1, 0.15) is 5.75 Å². The highest BCUT2D eigenvalue weighted by Gasteiger charge is 2.14. The Balaban J connectivity index is 2.36. The van der Waals surface area contributed by atoms with Gasteiger partial charge in [-0.15, -0.1) is 0 Å². The number of aromatic hydroxyl groups is 1. The Bertz CT molecular complexity index is 711. The number of benzene rings is 2. The average Bonchev–Trinajstić information content (AvgIpc) is 2.46. The van der Waals surface area contributed by atoms with E-state index in [4.69, 9.17) is 10.9 Å². The quantitative estimate of drug-likeness (QED) is 0.299. The predicted molar refractivity (Wildman–Crippen MR) is 79.7 cm³/mol. The van der Waals surface area contributed by atoms with Crippen molar-refractivity contribution in [3.63, 3.8) is 0 Å². The van der Waals surface area contributed by atoms with Gasteiger partial charge in [0.05, 0.1) is 5.69 Å². The third kappa shape index (κ3) is 3.11. The van der Waals surface area contributed by atoms with Crippen molar-refractivity contribution in [1.82, 2.24) is 0 Å². The third-order valence-electron chi connectivity index (χ3n) is 2.99. The maximum absolute atomic E-state index is 12.2. The Morgan fingerprint density at radius 3 is 2.62 bits per heavy atom. The highest BCUT2D eigenvalue weighted by atomic mass is 16.4. The van der Waals surface area contributed by atoms with Crippen molar-refractivity contribution in [3.8, 4) is 5.75 Å². The summed E-state index contributed by atoms with van der Waals surface area (Å²) in [6.45, 7) is 1.79. The normalized spacial score (nSPS) is 11.2. The summed E-state index contributed by atoms with van der Waals surface area (Å²) < 4.78 is 0. The number of nitrogens with two attached hydrogens (primary N) is 1. The predicted octanol–water partition coefficient (Wildman–Crippen LogP) is 2.05. The van der Waals surface area contributed by atoms with Crippen LogP contribution in [0.4, 0.5) is 5.69 Å². The molecule has 0 saturated heterocycles. The minimum atomic E-state index is -0.400. The smallest absolute Gasteiger partial charge is 0.255 e. The SMILES string of the molecule is Cc1cccc(NC(=O)c2cccc(O)c2)c1/C(N)=N/O. The molecular weight excluding hydrogens is 270 g/mol. The number of oxime groups is 1. The van der Waals surface area contributed by atoms with Crippen LogP contribution in [0, 0.1) is 6.92 Å². The molecule has 2 aromatic carbocycles. The topological polar surface area (TPSA) is 108 Å². The van der Waals surface area contributed by atoms with Gasteiger partial charge in [0.25, 0.3) is 5.91 Å². The molecule has 1 amide bonds. The molecule has 5 N–H and O–H groups in total. The zero-order valence-electron chi connectivity index (χ0n) is 11.4. The number of amidine groups is 1. The van der Waals surface area contributed by atoms with E-state index in [1.807, 2.05) is 0 Å². The highest BCUT2D eigenvalue weighted by Crippen LogP contribution is 2.21. The summed E-state index contributed by atoms with van der Waals surface area (Å²) in [6, 6.07) is 11.2. The maximum Gasteiger partial charge on any atom is 0.255 e. The Morgan fingerprint density at radius 2 is 1.95 bits per heavy atom. The molecule has 21 heavy (non-hydrogen) atoms. The van der Waals surface area contributed by atoms with Gasteiger partial charge in [-0.2, -0.15) is 0 Å². The fourth-order valence-corrected chi connectivity index (χ4v) is 2.00. The molecule has 0 aromatic heterocycles. The van der Waals surface area contributed by atoms with Crippen LogP contribution in [0.1, 0.15) is 21.5 Å². The molecule has 0 aliphatic carbocycles. The zero-order valence-corrected chi connectivity index (χ0v) is 11.4. The first kappa shape index (κ1) is 14.4. The Morgan fingerprint density at radius 1 is 1.24 bits per heavy atom. The van der Waals surface area contributed by atoms with Crippen LogP contribution in [0.5, 0.6) is 5.75 Å². The van der Waals surface area contributed by atoms with E-state index in [0.29, 0.717) is 16.8 Å². The molecule has 0 atom stereocenters. The van der Waals surface area contributed by atoms with Crippen molar-refractivity contribution in [3.05, 3.63) is 59.2 Å². The summed E-state index contributed by atoms with van der Waals surface area (Å²) >= 11 is 0. The van der Waals surface area contributed by atoms with E-state index in [-0.39, 0.29) is 11.6 Å². The lowest BCUT2D eigenvalue weighted by atomic mass is 10.1. The van der Waals surface area contributed by atoms with Gasteiger partial charge in [-0.25, -0.2) is 0 Å². The van der Waals surface area contributed by atoms with Crippen molar-refractivity contribution in [1.29, 1.82) is 0 Å². The molecule has 0 saturated carbocycles. The second-order valence-electron chi connectivity index (χ2n) is 4.49. The van der Waals surface area contributed by atoms with Crippen LogP contribution in [-0.2, 0) is 0 Å². The van der Waals surface area contributed by atoms with Crippen molar-refractivity contribution in [2.45, 2.75) is 6.92 Å². The molecule has 6 nitrogen and oxygen atoms in total. The standard InChI is InChI=1S/C15H15N3O3/c1-9-4-2-7-12(13(9)14(16)18-21)17-15(20)10-5-3-6-11(19)8-10/h2-8,19,21H,1H3,(H2,16,18)(H,17,20). The molecule has 2 rings (SSSR count). The number of anilines is 1. The molecule has 108 valence electrons. The number of rotatable bonds is 3. The van der Waals surface area contributed by atoms with Crippen LogP contribution in [0.3, 0.4) is 0 Å². The molecule has 0 fully saturated rings. The van der Waals surface area contributed by atoms with Crippen molar-refractivity contribution < 1.29 is 15.1 Å². The number of carbonyl (C=O) groups is 1. The zero-order chi connectivity index (χ0) is 15.4.